The molecule has 20 heavy (non-hydrogen) atoms. The number of rotatable bonds is 3. The van der Waals surface area contributed by atoms with Gasteiger partial charge in [-0.15, -0.1) is 0 Å². The monoisotopic (exact) mass is 272 g/mol. The van der Waals surface area contributed by atoms with Crippen LogP contribution in [0.3, 0.4) is 0 Å². The predicted molar refractivity (Wildman–Crippen MR) is 81.1 cm³/mol. The van der Waals surface area contributed by atoms with Gasteiger partial charge in [0.05, 0.1) is 13.3 Å². The number of benzene rings is 1. The molecule has 1 aliphatic heterocycles. The number of nitrogen functional groups attached to an aromatic ring is 1. The minimum absolute atomic E-state index is 0.679. The van der Waals surface area contributed by atoms with Crippen LogP contribution in [-0.4, -0.2) is 30.0 Å². The second-order valence-corrected chi connectivity index (χ2v) is 5.14. The molecule has 5 nitrogen and oxygen atoms in total. The van der Waals surface area contributed by atoms with Crippen LogP contribution in [0.2, 0.25) is 0 Å². The molecule has 0 bridgehead atoms. The Morgan fingerprint density at radius 1 is 1.20 bits per heavy atom. The van der Waals surface area contributed by atoms with Gasteiger partial charge in [0, 0.05) is 37.0 Å². The maximum atomic E-state index is 6.13. The lowest BCUT2D eigenvalue weighted by molar-refractivity contribution is 0.415. The molecule has 1 aliphatic rings. The highest BCUT2D eigenvalue weighted by Gasteiger charge is 2.19. The number of ether oxygens (including phenoxy) is 1. The van der Waals surface area contributed by atoms with Gasteiger partial charge in [-0.3, -0.25) is 4.68 Å². The summed E-state index contributed by atoms with van der Waals surface area (Å²) in [6.07, 6.45) is 4.31. The Hall–Kier alpha value is -2.17. The van der Waals surface area contributed by atoms with Crippen molar-refractivity contribution >= 4 is 11.5 Å². The fourth-order valence-electron chi connectivity index (χ4n) is 2.75. The maximum Gasteiger partial charge on any atom is 0.129 e. The van der Waals surface area contributed by atoms with Crippen LogP contribution in [0, 0.1) is 0 Å². The zero-order valence-corrected chi connectivity index (χ0v) is 12.0. The second-order valence-electron chi connectivity index (χ2n) is 5.14. The molecule has 106 valence electrons. The van der Waals surface area contributed by atoms with E-state index in [-0.39, 0.29) is 0 Å². The largest absolute Gasteiger partial charge is 0.497 e. The van der Waals surface area contributed by atoms with Gasteiger partial charge in [0.1, 0.15) is 11.6 Å². The third-order valence-electron chi connectivity index (χ3n) is 3.93. The summed E-state index contributed by atoms with van der Waals surface area (Å²) in [6.45, 7) is 2.19. The van der Waals surface area contributed by atoms with Crippen LogP contribution in [-0.2, 0) is 7.05 Å². The van der Waals surface area contributed by atoms with Crippen molar-refractivity contribution in [3.8, 4) is 16.9 Å². The van der Waals surface area contributed by atoms with Crippen LogP contribution in [0.15, 0.2) is 24.4 Å². The van der Waals surface area contributed by atoms with Gasteiger partial charge in [0.25, 0.3) is 0 Å². The van der Waals surface area contributed by atoms with Crippen LogP contribution < -0.4 is 15.4 Å². The zero-order valence-electron chi connectivity index (χ0n) is 12.0. The average Bonchev–Trinajstić information content (AvgIpc) is 3.10. The van der Waals surface area contributed by atoms with Crippen LogP contribution in [0.25, 0.3) is 11.1 Å². The van der Waals surface area contributed by atoms with Crippen LogP contribution in [0.4, 0.5) is 11.5 Å². The lowest BCUT2D eigenvalue weighted by atomic mass is 10.0. The molecule has 2 heterocycles. The molecule has 2 aromatic rings. The number of nitrogens with two attached hydrogens (primary N) is 1. The Balaban J connectivity index is 2.12. The van der Waals surface area contributed by atoms with E-state index in [1.165, 1.54) is 18.5 Å². The van der Waals surface area contributed by atoms with Crippen LogP contribution in [0.1, 0.15) is 12.8 Å². The van der Waals surface area contributed by atoms with Crippen molar-refractivity contribution < 1.29 is 4.74 Å². The number of aryl methyl sites for hydroxylation is 1. The van der Waals surface area contributed by atoms with E-state index in [0.717, 1.165) is 30.0 Å². The van der Waals surface area contributed by atoms with Crippen molar-refractivity contribution in [1.82, 2.24) is 9.78 Å². The Morgan fingerprint density at radius 3 is 2.55 bits per heavy atom. The van der Waals surface area contributed by atoms with Crippen molar-refractivity contribution in [3.05, 3.63) is 24.4 Å². The lowest BCUT2D eigenvalue weighted by Crippen LogP contribution is -2.18. The number of methoxy groups -OCH3 is 1. The molecule has 0 spiro atoms. The minimum Gasteiger partial charge on any atom is -0.497 e. The van der Waals surface area contributed by atoms with E-state index in [2.05, 4.69) is 16.1 Å². The van der Waals surface area contributed by atoms with Gasteiger partial charge in [0.15, 0.2) is 0 Å². The molecule has 0 radical (unpaired) electrons. The molecular formula is C15H20N4O. The van der Waals surface area contributed by atoms with Crippen molar-refractivity contribution in [2.45, 2.75) is 12.8 Å². The molecular weight excluding hydrogens is 252 g/mol. The fourth-order valence-corrected chi connectivity index (χ4v) is 2.75. The summed E-state index contributed by atoms with van der Waals surface area (Å²) in [4.78, 5) is 2.40. The maximum absolute atomic E-state index is 6.13. The molecule has 1 aromatic carbocycles. The SMILES string of the molecule is COc1ccc(N2CCCC2)c(-c2cnn(C)c2N)c1. The molecule has 1 fully saturated rings. The van der Waals surface area contributed by atoms with Gasteiger partial charge >= 0.3 is 0 Å². The topological polar surface area (TPSA) is 56.3 Å². The fraction of sp³-hybridized carbons (Fsp3) is 0.400. The number of hydrogen-bond donors (Lipinski definition) is 1. The highest BCUT2D eigenvalue weighted by molar-refractivity contribution is 5.85. The van der Waals surface area contributed by atoms with E-state index in [1.807, 2.05) is 25.4 Å². The van der Waals surface area contributed by atoms with Gasteiger partial charge < -0.3 is 15.4 Å². The van der Waals surface area contributed by atoms with E-state index >= 15 is 0 Å². The summed E-state index contributed by atoms with van der Waals surface area (Å²) in [5.41, 5.74) is 9.41. The first-order valence-electron chi connectivity index (χ1n) is 6.91. The average molecular weight is 272 g/mol. The van der Waals surface area contributed by atoms with Crippen molar-refractivity contribution in [1.29, 1.82) is 0 Å². The van der Waals surface area contributed by atoms with Gasteiger partial charge in [-0.05, 0) is 31.0 Å². The molecule has 0 amide bonds. The third-order valence-corrected chi connectivity index (χ3v) is 3.93. The summed E-state index contributed by atoms with van der Waals surface area (Å²) in [7, 11) is 3.54. The molecule has 0 unspecified atom stereocenters. The molecule has 0 aliphatic carbocycles. The Bertz CT molecular complexity index is 614. The molecule has 5 heteroatoms. The third kappa shape index (κ3) is 2.09. The molecule has 2 N–H and O–H groups in total. The number of anilines is 2. The smallest absolute Gasteiger partial charge is 0.129 e. The van der Waals surface area contributed by atoms with Crippen molar-refractivity contribution in [3.63, 3.8) is 0 Å². The van der Waals surface area contributed by atoms with Gasteiger partial charge in [-0.1, -0.05) is 0 Å². The van der Waals surface area contributed by atoms with Crippen molar-refractivity contribution in [2.75, 3.05) is 30.8 Å². The quantitative estimate of drug-likeness (QED) is 0.931. The first-order valence-corrected chi connectivity index (χ1v) is 6.91. The van der Waals surface area contributed by atoms with Gasteiger partial charge in [0.2, 0.25) is 0 Å². The summed E-state index contributed by atoms with van der Waals surface area (Å²) in [5, 5.41) is 4.25. The molecule has 0 atom stereocenters. The Morgan fingerprint density at radius 2 is 1.95 bits per heavy atom. The number of aromatic nitrogens is 2. The van der Waals surface area contributed by atoms with Crippen LogP contribution in [0.5, 0.6) is 5.75 Å². The highest BCUT2D eigenvalue weighted by Crippen LogP contribution is 2.38. The Labute approximate surface area is 118 Å². The van der Waals surface area contributed by atoms with E-state index in [0.29, 0.717) is 5.82 Å². The second kappa shape index (κ2) is 5.07. The van der Waals surface area contributed by atoms with Gasteiger partial charge in [-0.25, -0.2) is 0 Å². The molecule has 1 aromatic heterocycles. The van der Waals surface area contributed by atoms with Crippen LogP contribution >= 0.6 is 0 Å². The van der Waals surface area contributed by atoms with Crippen molar-refractivity contribution in [2.24, 2.45) is 7.05 Å². The summed E-state index contributed by atoms with van der Waals surface area (Å²) in [5.74, 6) is 1.52. The van der Waals surface area contributed by atoms with E-state index in [4.69, 9.17) is 10.5 Å². The zero-order chi connectivity index (χ0) is 14.1. The first-order chi connectivity index (χ1) is 9.70. The summed E-state index contributed by atoms with van der Waals surface area (Å²) >= 11 is 0. The number of nitrogens with zero attached hydrogens (tertiary/aromatic N) is 3. The first kappa shape index (κ1) is 12.8. The van der Waals surface area contributed by atoms with E-state index < -0.39 is 0 Å². The normalized spacial score (nSPS) is 14.8. The minimum atomic E-state index is 0.679. The predicted octanol–water partition coefficient (Wildman–Crippen LogP) is 2.28. The summed E-state index contributed by atoms with van der Waals surface area (Å²) < 4.78 is 7.05. The van der Waals surface area contributed by atoms with E-state index in [1.54, 1.807) is 11.8 Å². The molecule has 0 saturated carbocycles. The lowest BCUT2D eigenvalue weighted by Gasteiger charge is -2.22. The summed E-state index contributed by atoms with van der Waals surface area (Å²) in [6, 6.07) is 6.16. The molecule has 3 rings (SSSR count). The molecule has 1 saturated heterocycles. The standard InChI is InChI=1S/C15H20N4O/c1-18-15(16)13(10-17-18)12-9-11(20-2)5-6-14(12)19-7-3-4-8-19/h5-6,9-10H,3-4,7-8,16H2,1-2H3. The van der Waals surface area contributed by atoms with Gasteiger partial charge in [-0.2, -0.15) is 5.10 Å². The Kier molecular flexibility index (Phi) is 3.26. The highest BCUT2D eigenvalue weighted by atomic mass is 16.5. The number of hydrogen-bond acceptors (Lipinski definition) is 4. The van der Waals surface area contributed by atoms with E-state index in [9.17, 15) is 0 Å².